The highest BCUT2D eigenvalue weighted by Gasteiger charge is 2.34. The second kappa shape index (κ2) is 8.65. The lowest BCUT2D eigenvalue weighted by Crippen LogP contribution is -2.28. The van der Waals surface area contributed by atoms with E-state index in [-0.39, 0.29) is 25.1 Å². The van der Waals surface area contributed by atoms with Gasteiger partial charge >= 0.3 is 12.1 Å². The van der Waals surface area contributed by atoms with Crippen molar-refractivity contribution in [2.45, 2.75) is 19.5 Å². The van der Waals surface area contributed by atoms with Crippen LogP contribution in [0.1, 0.15) is 34.1 Å². The number of benzene rings is 2. The zero-order chi connectivity index (χ0) is 24.6. The summed E-state index contributed by atoms with van der Waals surface area (Å²) in [5.41, 5.74) is -0.692. The van der Waals surface area contributed by atoms with E-state index in [2.05, 4.69) is 4.98 Å². The van der Waals surface area contributed by atoms with Crippen LogP contribution in [0.25, 0.3) is 16.5 Å². The number of nitro groups is 1. The number of nitrogens with zero attached hydrogens (tertiary/aromatic N) is 2. The Hall–Kier alpha value is -4.15. The van der Waals surface area contributed by atoms with E-state index in [1.807, 2.05) is 24.3 Å². The van der Waals surface area contributed by atoms with Crippen LogP contribution in [0.15, 0.2) is 48.7 Å². The summed E-state index contributed by atoms with van der Waals surface area (Å²) in [6.07, 6.45) is -3.39. The number of carbonyl (C=O) groups excluding carboxylic acids is 2. The van der Waals surface area contributed by atoms with Crippen molar-refractivity contribution in [1.82, 2.24) is 9.88 Å². The Labute approximate surface area is 190 Å². The molecule has 4 rings (SSSR count). The molecule has 34 heavy (non-hydrogen) atoms. The van der Waals surface area contributed by atoms with Gasteiger partial charge in [-0.3, -0.25) is 14.9 Å². The fourth-order valence-electron chi connectivity index (χ4n) is 3.90. The van der Waals surface area contributed by atoms with Crippen molar-refractivity contribution in [3.8, 4) is 0 Å². The van der Waals surface area contributed by atoms with Crippen LogP contribution in [0, 0.1) is 10.1 Å². The molecule has 0 spiro atoms. The highest BCUT2D eigenvalue weighted by molar-refractivity contribution is 6.18. The van der Waals surface area contributed by atoms with Crippen molar-refractivity contribution < 1.29 is 32.4 Å². The number of carbonyl (C=O) groups is 2. The van der Waals surface area contributed by atoms with E-state index in [4.69, 9.17) is 4.74 Å². The summed E-state index contributed by atoms with van der Waals surface area (Å²) in [6.45, 7) is 1.71. The highest BCUT2D eigenvalue weighted by Crippen LogP contribution is 2.34. The summed E-state index contributed by atoms with van der Waals surface area (Å²) in [4.78, 5) is 40.3. The molecule has 1 aliphatic heterocycles. The van der Waals surface area contributed by atoms with E-state index in [1.54, 1.807) is 6.92 Å². The van der Waals surface area contributed by atoms with Gasteiger partial charge in [-0.2, -0.15) is 13.2 Å². The molecule has 1 aromatic heterocycles. The van der Waals surface area contributed by atoms with Gasteiger partial charge in [-0.1, -0.05) is 18.2 Å². The van der Waals surface area contributed by atoms with Crippen LogP contribution in [-0.4, -0.2) is 39.8 Å². The molecule has 0 saturated carbocycles. The number of para-hydroxylation sites is 1. The molecule has 0 atom stereocenters. The average Bonchev–Trinajstić information content (AvgIpc) is 3.05. The Morgan fingerprint density at radius 3 is 2.62 bits per heavy atom. The SMILES string of the molecule is CCOC(=O)C1=CN(C(=O)c2cc([N+](=O)[O-])cc(C(F)(F)F)c2)CCc2c1[nH]c1ccccc21. The van der Waals surface area contributed by atoms with Crippen LogP contribution in [-0.2, 0) is 22.1 Å². The van der Waals surface area contributed by atoms with Gasteiger partial charge in [-0.05, 0) is 31.0 Å². The third-order valence-corrected chi connectivity index (χ3v) is 5.43. The molecule has 0 radical (unpaired) electrons. The number of aromatic amines is 1. The zero-order valence-electron chi connectivity index (χ0n) is 17.8. The van der Waals surface area contributed by atoms with Crippen molar-refractivity contribution in [2.75, 3.05) is 13.2 Å². The molecule has 0 unspecified atom stereocenters. The van der Waals surface area contributed by atoms with Crippen molar-refractivity contribution >= 4 is 34.0 Å². The number of alkyl halides is 3. The molecule has 0 fully saturated rings. The number of nitro benzene ring substituents is 1. The molecule has 1 N–H and O–H groups in total. The fourth-order valence-corrected chi connectivity index (χ4v) is 3.90. The predicted molar refractivity (Wildman–Crippen MR) is 116 cm³/mol. The number of rotatable bonds is 4. The summed E-state index contributed by atoms with van der Waals surface area (Å²) in [7, 11) is 0. The maximum Gasteiger partial charge on any atom is 0.416 e. The van der Waals surface area contributed by atoms with Crippen LogP contribution in [0.4, 0.5) is 18.9 Å². The number of fused-ring (bicyclic) bond motifs is 3. The van der Waals surface area contributed by atoms with Crippen LogP contribution in [0.2, 0.25) is 0 Å². The van der Waals surface area contributed by atoms with Crippen molar-refractivity contribution in [3.63, 3.8) is 0 Å². The molecule has 2 aromatic carbocycles. The second-order valence-electron chi connectivity index (χ2n) is 7.56. The molecule has 8 nitrogen and oxygen atoms in total. The van der Waals surface area contributed by atoms with Crippen molar-refractivity contribution in [2.24, 2.45) is 0 Å². The van der Waals surface area contributed by atoms with Crippen LogP contribution in [0.5, 0.6) is 0 Å². The molecule has 1 aliphatic rings. The third-order valence-electron chi connectivity index (χ3n) is 5.43. The van der Waals surface area contributed by atoms with Crippen molar-refractivity contribution in [1.29, 1.82) is 0 Å². The van der Waals surface area contributed by atoms with Crippen molar-refractivity contribution in [3.05, 3.63) is 81.2 Å². The maximum absolute atomic E-state index is 13.3. The molecular formula is C23H18F3N3O5. The standard InChI is InChI=1S/C23H18F3N3O5/c1-2-34-22(31)18-12-28(8-7-17-16-5-3-4-6-19(16)27-20(17)18)21(30)13-9-14(23(24,25)26)11-15(10-13)29(32)33/h3-6,9-12,27H,2,7-8H2,1H3. The number of non-ortho nitro benzene ring substituents is 1. The smallest absolute Gasteiger partial charge is 0.416 e. The molecule has 2 heterocycles. The number of hydrogen-bond donors (Lipinski definition) is 1. The van der Waals surface area contributed by atoms with Crippen LogP contribution in [0.3, 0.4) is 0 Å². The number of amides is 1. The van der Waals surface area contributed by atoms with Gasteiger partial charge < -0.3 is 14.6 Å². The molecular weight excluding hydrogens is 455 g/mol. The molecule has 0 aliphatic carbocycles. The maximum atomic E-state index is 13.3. The highest BCUT2D eigenvalue weighted by atomic mass is 19.4. The average molecular weight is 473 g/mol. The zero-order valence-corrected chi connectivity index (χ0v) is 17.8. The lowest BCUT2D eigenvalue weighted by Gasteiger charge is -2.18. The van der Waals surface area contributed by atoms with Gasteiger partial charge in [0.1, 0.15) is 0 Å². The summed E-state index contributed by atoms with van der Waals surface area (Å²) in [5, 5.41) is 12.0. The van der Waals surface area contributed by atoms with Gasteiger partial charge in [0.2, 0.25) is 0 Å². The Morgan fingerprint density at radius 1 is 1.21 bits per heavy atom. The Balaban J connectivity index is 1.81. The van der Waals surface area contributed by atoms with Gasteiger partial charge in [0, 0.05) is 41.3 Å². The summed E-state index contributed by atoms with van der Waals surface area (Å²) >= 11 is 0. The Morgan fingerprint density at radius 2 is 1.94 bits per heavy atom. The molecule has 176 valence electrons. The van der Waals surface area contributed by atoms with E-state index in [0.29, 0.717) is 17.8 Å². The summed E-state index contributed by atoms with van der Waals surface area (Å²) in [5.74, 6) is -1.63. The minimum Gasteiger partial charge on any atom is -0.462 e. The van der Waals surface area contributed by atoms with Crippen LogP contribution < -0.4 is 0 Å². The lowest BCUT2D eigenvalue weighted by molar-refractivity contribution is -0.385. The quantitative estimate of drug-likeness (QED) is 0.336. The first kappa shape index (κ1) is 23.0. The van der Waals surface area contributed by atoms with E-state index >= 15 is 0 Å². The lowest BCUT2D eigenvalue weighted by atomic mass is 10.0. The number of aromatic nitrogens is 1. The minimum absolute atomic E-state index is 0.0281. The Kier molecular flexibility index (Phi) is 5.86. The van der Waals surface area contributed by atoms with E-state index in [0.717, 1.165) is 27.4 Å². The first-order valence-corrected chi connectivity index (χ1v) is 10.3. The van der Waals surface area contributed by atoms with Gasteiger partial charge in [0.05, 0.1) is 28.4 Å². The van der Waals surface area contributed by atoms with Gasteiger partial charge in [-0.25, -0.2) is 4.79 Å². The third kappa shape index (κ3) is 4.24. The number of nitrogens with one attached hydrogen (secondary N) is 1. The van der Waals surface area contributed by atoms with E-state index in [1.165, 1.54) is 6.20 Å². The summed E-state index contributed by atoms with van der Waals surface area (Å²) in [6, 6.07) is 9.04. The molecule has 3 aromatic rings. The molecule has 0 saturated heterocycles. The number of halogens is 3. The number of esters is 1. The normalized spacial score (nSPS) is 13.8. The van der Waals surface area contributed by atoms with Gasteiger partial charge in [0.15, 0.2) is 0 Å². The predicted octanol–water partition coefficient (Wildman–Crippen LogP) is 4.70. The van der Waals surface area contributed by atoms with E-state index in [9.17, 15) is 32.9 Å². The minimum atomic E-state index is -4.89. The number of hydrogen-bond acceptors (Lipinski definition) is 5. The monoisotopic (exact) mass is 473 g/mol. The van der Waals surface area contributed by atoms with E-state index < -0.39 is 39.8 Å². The summed E-state index contributed by atoms with van der Waals surface area (Å²) < 4.78 is 45.0. The number of H-pyrrole nitrogens is 1. The van der Waals surface area contributed by atoms with Gasteiger partial charge in [-0.15, -0.1) is 0 Å². The fraction of sp³-hybridized carbons (Fsp3) is 0.217. The van der Waals surface area contributed by atoms with Crippen LogP contribution >= 0.6 is 0 Å². The number of ether oxygens (including phenoxy) is 1. The molecule has 0 bridgehead atoms. The Bertz CT molecular complexity index is 1340. The van der Waals surface area contributed by atoms with Gasteiger partial charge in [0.25, 0.3) is 11.6 Å². The first-order chi connectivity index (χ1) is 16.1. The first-order valence-electron chi connectivity index (χ1n) is 10.3. The second-order valence-corrected chi connectivity index (χ2v) is 7.56. The molecule has 1 amide bonds. The molecule has 11 heteroatoms. The topological polar surface area (TPSA) is 106 Å². The largest absolute Gasteiger partial charge is 0.462 e.